The maximum absolute atomic E-state index is 12.1. The molecule has 0 atom stereocenters. The van der Waals surface area contributed by atoms with E-state index in [9.17, 15) is 9.90 Å². The Bertz CT molecular complexity index is 1580. The normalized spacial score (nSPS) is 26.2. The van der Waals surface area contributed by atoms with Crippen LogP contribution in [-0.2, 0) is 0 Å². The first-order valence-corrected chi connectivity index (χ1v) is 13.9. The predicted octanol–water partition coefficient (Wildman–Crippen LogP) is 4.80. The van der Waals surface area contributed by atoms with Crippen molar-refractivity contribution in [2.45, 2.75) is 75.5 Å². The lowest BCUT2D eigenvalue weighted by molar-refractivity contribution is -0.254. The van der Waals surface area contributed by atoms with Crippen LogP contribution in [0.1, 0.15) is 61.7 Å². The van der Waals surface area contributed by atoms with Crippen molar-refractivity contribution in [3.8, 4) is 22.5 Å². The summed E-state index contributed by atoms with van der Waals surface area (Å²) in [6.45, 7) is 0. The third-order valence-electron chi connectivity index (χ3n) is 9.61. The molecule has 8 rings (SSSR count). The van der Waals surface area contributed by atoms with Gasteiger partial charge in [-0.05, 0) is 49.4 Å². The highest BCUT2D eigenvalue weighted by Gasteiger charge is 2.44. The van der Waals surface area contributed by atoms with Crippen LogP contribution in [0.5, 0.6) is 0 Å². The molecule has 2 aromatic carbocycles. The topological polar surface area (TPSA) is 59.5 Å². The number of carboxylic acids is 1. The lowest BCUT2D eigenvalue weighted by Crippen LogP contribution is -2.33. The molecule has 1 aliphatic carbocycles. The van der Waals surface area contributed by atoms with Gasteiger partial charge in [0.2, 0.25) is 5.36 Å². The Hall–Kier alpha value is -3.60. The first kappa shape index (κ1) is 21.5. The standard InChI is InChI=1S/C32H30N2O3/c35-32(36)26-4-2-1-3-25(26)31-27-15-13-23(33-19-5-6-20(33)8-7-19)17-29(27)37-30-18-24(14-16-28(30)31)34-21-9-10-22(34)12-11-21/h1-4,13-22H,5-12H2. The van der Waals surface area contributed by atoms with Gasteiger partial charge in [0.15, 0.2) is 12.1 Å². The summed E-state index contributed by atoms with van der Waals surface area (Å²) in [6.07, 6.45) is 10.1. The molecule has 5 heteroatoms. The monoisotopic (exact) mass is 490 g/mol. The van der Waals surface area contributed by atoms with Gasteiger partial charge in [0, 0.05) is 77.7 Å². The molecule has 0 N–H and O–H groups in total. The summed E-state index contributed by atoms with van der Waals surface area (Å²) in [5.74, 6) is -0.353. The van der Waals surface area contributed by atoms with Crippen molar-refractivity contribution >= 4 is 22.6 Å². The van der Waals surface area contributed by atoms with Crippen molar-refractivity contribution in [3.05, 3.63) is 71.6 Å². The molecule has 2 aromatic rings. The van der Waals surface area contributed by atoms with Crippen molar-refractivity contribution in [1.82, 2.24) is 4.58 Å². The number of carboxylic acid groups (broad SMARTS) is 1. The fourth-order valence-corrected chi connectivity index (χ4v) is 8.03. The Morgan fingerprint density at radius 1 is 0.811 bits per heavy atom. The molecule has 4 saturated heterocycles. The average Bonchev–Trinajstić information content (AvgIpc) is 3.72. The summed E-state index contributed by atoms with van der Waals surface area (Å²) in [5, 5.41) is 14.3. The molecule has 0 amide bonds. The SMILES string of the molecule is O=C([O-])c1ccccc1-c1c2ccc(=[N+]3C4CCC3CC4)cc-2oc2cc(N3C4CCC3CC4)ccc12. The Morgan fingerprint density at radius 3 is 2.22 bits per heavy atom. The number of hydrogen-bond acceptors (Lipinski definition) is 4. The minimum absolute atomic E-state index is 0.208. The van der Waals surface area contributed by atoms with E-state index in [0.29, 0.717) is 29.7 Å². The summed E-state index contributed by atoms with van der Waals surface area (Å²) in [5.41, 5.74) is 4.75. The van der Waals surface area contributed by atoms with E-state index in [4.69, 9.17) is 4.42 Å². The predicted molar refractivity (Wildman–Crippen MR) is 142 cm³/mol. The van der Waals surface area contributed by atoms with Crippen molar-refractivity contribution in [2.75, 3.05) is 4.90 Å². The number of anilines is 1. The smallest absolute Gasteiger partial charge is 0.204 e. The molecule has 0 saturated carbocycles. The molecule has 0 unspecified atom stereocenters. The molecule has 0 spiro atoms. The minimum atomic E-state index is -1.16. The third-order valence-corrected chi connectivity index (χ3v) is 9.61. The average molecular weight is 491 g/mol. The molecule has 0 radical (unpaired) electrons. The lowest BCUT2D eigenvalue weighted by Gasteiger charge is -2.25. The van der Waals surface area contributed by atoms with E-state index >= 15 is 0 Å². The number of carbonyl (C=O) groups is 1. The molecule has 5 nitrogen and oxygen atoms in total. The zero-order chi connectivity index (χ0) is 24.7. The Balaban J connectivity index is 1.41. The number of benzene rings is 3. The van der Waals surface area contributed by atoms with Gasteiger partial charge in [0.05, 0.1) is 12.0 Å². The lowest BCUT2D eigenvalue weighted by atomic mass is 9.90. The van der Waals surface area contributed by atoms with Gasteiger partial charge < -0.3 is 19.2 Å². The van der Waals surface area contributed by atoms with Crippen molar-refractivity contribution in [2.24, 2.45) is 0 Å². The summed E-state index contributed by atoms with van der Waals surface area (Å²) in [6, 6.07) is 22.7. The van der Waals surface area contributed by atoms with Gasteiger partial charge in [-0.3, -0.25) is 0 Å². The zero-order valence-electron chi connectivity index (χ0n) is 20.9. The molecule has 6 aliphatic rings. The Kier molecular flexibility index (Phi) is 4.61. The molecule has 37 heavy (non-hydrogen) atoms. The van der Waals surface area contributed by atoms with Crippen LogP contribution in [0.25, 0.3) is 33.4 Å². The number of nitrogens with zero attached hydrogens (tertiary/aromatic N) is 2. The summed E-state index contributed by atoms with van der Waals surface area (Å²) < 4.78 is 9.26. The van der Waals surface area contributed by atoms with Gasteiger partial charge in [-0.1, -0.05) is 24.3 Å². The summed E-state index contributed by atoms with van der Waals surface area (Å²) in [4.78, 5) is 14.7. The Morgan fingerprint density at radius 2 is 1.51 bits per heavy atom. The largest absolute Gasteiger partial charge is 0.545 e. The summed E-state index contributed by atoms with van der Waals surface area (Å²) >= 11 is 0. The van der Waals surface area contributed by atoms with E-state index in [1.807, 2.05) is 12.1 Å². The molecular formula is C32H30N2O3. The summed E-state index contributed by atoms with van der Waals surface area (Å²) in [7, 11) is 0. The molecule has 5 aliphatic heterocycles. The number of rotatable bonds is 3. The van der Waals surface area contributed by atoms with E-state index in [1.54, 1.807) is 12.1 Å². The van der Waals surface area contributed by atoms with E-state index < -0.39 is 5.97 Å². The van der Waals surface area contributed by atoms with Crippen LogP contribution in [0, 0.1) is 0 Å². The number of carbonyl (C=O) groups excluding carboxylic acids is 1. The second-order valence-electron chi connectivity index (χ2n) is 11.4. The molecular weight excluding hydrogens is 460 g/mol. The van der Waals surface area contributed by atoms with Crippen molar-refractivity contribution in [1.29, 1.82) is 0 Å². The molecule has 4 fully saturated rings. The minimum Gasteiger partial charge on any atom is -0.545 e. The van der Waals surface area contributed by atoms with Crippen LogP contribution in [0.3, 0.4) is 0 Å². The van der Waals surface area contributed by atoms with Crippen molar-refractivity contribution < 1.29 is 14.3 Å². The second-order valence-corrected chi connectivity index (χ2v) is 11.4. The van der Waals surface area contributed by atoms with Gasteiger partial charge in [-0.15, -0.1) is 0 Å². The van der Waals surface area contributed by atoms with E-state index in [1.165, 1.54) is 62.4 Å². The molecule has 0 aromatic heterocycles. The van der Waals surface area contributed by atoms with Crippen LogP contribution < -0.4 is 19.9 Å². The van der Waals surface area contributed by atoms with Crippen LogP contribution >= 0.6 is 0 Å². The quantitative estimate of drug-likeness (QED) is 0.306. The van der Waals surface area contributed by atoms with Crippen molar-refractivity contribution in [3.63, 3.8) is 0 Å². The van der Waals surface area contributed by atoms with Gasteiger partial charge in [0.1, 0.15) is 11.3 Å². The fourth-order valence-electron chi connectivity index (χ4n) is 8.03. The first-order chi connectivity index (χ1) is 18.2. The maximum Gasteiger partial charge on any atom is 0.204 e. The van der Waals surface area contributed by atoms with Crippen LogP contribution in [-0.4, -0.2) is 30.1 Å². The van der Waals surface area contributed by atoms with Crippen LogP contribution in [0.2, 0.25) is 0 Å². The maximum atomic E-state index is 12.1. The van der Waals surface area contributed by atoms with Gasteiger partial charge in [-0.2, -0.15) is 0 Å². The first-order valence-electron chi connectivity index (χ1n) is 13.9. The Labute approximate surface area is 216 Å². The van der Waals surface area contributed by atoms with Gasteiger partial charge in [0.25, 0.3) is 0 Å². The van der Waals surface area contributed by atoms with Gasteiger partial charge >= 0.3 is 0 Å². The number of fused-ring (bicyclic) bond motifs is 6. The number of aromatic carboxylic acids is 1. The zero-order valence-corrected chi connectivity index (χ0v) is 20.9. The fraction of sp³-hybridized carbons (Fsp3) is 0.375. The van der Waals surface area contributed by atoms with E-state index in [2.05, 4.69) is 45.9 Å². The number of hydrogen-bond donors (Lipinski definition) is 0. The highest BCUT2D eigenvalue weighted by molar-refractivity contribution is 6.07. The molecule has 186 valence electrons. The highest BCUT2D eigenvalue weighted by Crippen LogP contribution is 2.45. The van der Waals surface area contributed by atoms with Crippen LogP contribution in [0.15, 0.2) is 65.1 Å². The molecule has 4 bridgehead atoms. The second kappa shape index (κ2) is 7.95. The van der Waals surface area contributed by atoms with Crippen LogP contribution in [0.4, 0.5) is 5.69 Å². The van der Waals surface area contributed by atoms with Gasteiger partial charge in [-0.25, -0.2) is 4.58 Å². The van der Waals surface area contributed by atoms with E-state index in [-0.39, 0.29) is 5.56 Å². The third kappa shape index (κ3) is 3.16. The highest BCUT2D eigenvalue weighted by atomic mass is 16.4. The van der Waals surface area contributed by atoms with E-state index in [0.717, 1.165) is 27.9 Å². The molecule has 5 heterocycles.